The van der Waals surface area contributed by atoms with Crippen LogP contribution in [-0.2, 0) is 17.1 Å². The standard InChI is InChI=1S/C23H23F6N3O3S/c1-21(2,12-33)32-17(34)10-8-13-7-9-16(19(23(27,28)29)18(13)22(24,25)26)36-15-6-4-5-14(11-15)31-20(35)30-3/h4-11,33H,12H2,1-3H3,(H,32,34)(H2,30,31,35). The molecule has 0 spiro atoms. The molecule has 4 N–H and O–H groups in total. The number of nitrogens with one attached hydrogen (secondary N) is 3. The fourth-order valence-corrected chi connectivity index (χ4v) is 3.99. The highest BCUT2D eigenvalue weighted by Gasteiger charge is 2.46. The van der Waals surface area contributed by atoms with Crippen molar-refractivity contribution < 1.29 is 41.0 Å². The number of benzene rings is 2. The van der Waals surface area contributed by atoms with Crippen molar-refractivity contribution in [3.05, 3.63) is 59.2 Å². The summed E-state index contributed by atoms with van der Waals surface area (Å²) in [4.78, 5) is 22.9. The van der Waals surface area contributed by atoms with E-state index in [1.54, 1.807) is 0 Å². The molecule has 3 amide bonds. The Kier molecular flexibility index (Phi) is 9.08. The molecule has 0 radical (unpaired) electrons. The van der Waals surface area contributed by atoms with E-state index in [1.807, 2.05) is 0 Å². The average molecular weight is 536 g/mol. The quantitative estimate of drug-likeness (QED) is 0.277. The molecule has 2 aromatic carbocycles. The SMILES string of the molecule is CNC(=O)Nc1cccc(Sc2ccc(C=CC(=O)NC(C)(C)CO)c(C(F)(F)F)c2C(F)(F)F)c1. The van der Waals surface area contributed by atoms with Crippen molar-refractivity contribution in [2.75, 3.05) is 19.0 Å². The van der Waals surface area contributed by atoms with Gasteiger partial charge in [0.05, 0.1) is 23.3 Å². The molecular formula is C23H23F6N3O3S. The summed E-state index contributed by atoms with van der Waals surface area (Å²) in [5.74, 6) is -0.894. The number of aliphatic hydroxyl groups excluding tert-OH is 1. The summed E-state index contributed by atoms with van der Waals surface area (Å²) in [7, 11) is 1.36. The summed E-state index contributed by atoms with van der Waals surface area (Å²) in [6.07, 6.45) is -9.47. The zero-order valence-electron chi connectivity index (χ0n) is 19.3. The molecule has 0 aromatic heterocycles. The van der Waals surface area contributed by atoms with Crippen LogP contribution < -0.4 is 16.0 Å². The summed E-state index contributed by atoms with van der Waals surface area (Å²) < 4.78 is 83.7. The lowest BCUT2D eigenvalue weighted by atomic mass is 9.99. The molecule has 0 aliphatic carbocycles. The van der Waals surface area contributed by atoms with E-state index in [9.17, 15) is 41.0 Å². The fourth-order valence-electron chi connectivity index (χ4n) is 2.95. The zero-order chi connectivity index (χ0) is 27.3. The van der Waals surface area contributed by atoms with Crippen molar-refractivity contribution in [2.45, 2.75) is 41.5 Å². The fraction of sp³-hybridized carbons (Fsp3) is 0.304. The first-order valence-corrected chi connectivity index (χ1v) is 11.1. The number of rotatable bonds is 7. The maximum atomic E-state index is 14.0. The lowest BCUT2D eigenvalue weighted by molar-refractivity contribution is -0.163. The van der Waals surface area contributed by atoms with Crippen molar-refractivity contribution in [1.29, 1.82) is 0 Å². The first-order valence-electron chi connectivity index (χ1n) is 10.3. The number of carbonyl (C=O) groups excluding carboxylic acids is 2. The number of hydrogen-bond acceptors (Lipinski definition) is 4. The number of halogens is 6. The average Bonchev–Trinajstić information content (AvgIpc) is 2.76. The number of carbonyl (C=O) groups is 2. The maximum Gasteiger partial charge on any atom is 0.418 e. The van der Waals surface area contributed by atoms with E-state index in [4.69, 9.17) is 0 Å². The van der Waals surface area contributed by atoms with Gasteiger partial charge in [-0.3, -0.25) is 4.79 Å². The van der Waals surface area contributed by atoms with Crippen LogP contribution in [0.15, 0.2) is 52.3 Å². The maximum absolute atomic E-state index is 14.0. The van der Waals surface area contributed by atoms with Gasteiger partial charge < -0.3 is 21.1 Å². The molecular weight excluding hydrogens is 512 g/mol. The summed E-state index contributed by atoms with van der Waals surface area (Å²) >= 11 is 0.441. The van der Waals surface area contributed by atoms with Crippen LogP contribution in [0.1, 0.15) is 30.5 Å². The first-order chi connectivity index (χ1) is 16.6. The smallest absolute Gasteiger partial charge is 0.394 e. The monoisotopic (exact) mass is 535 g/mol. The number of alkyl halides is 6. The predicted octanol–water partition coefficient (Wildman–Crippen LogP) is 5.53. The third kappa shape index (κ3) is 7.92. The molecule has 13 heteroatoms. The number of urea groups is 1. The van der Waals surface area contributed by atoms with Gasteiger partial charge in [0, 0.05) is 28.6 Å². The van der Waals surface area contributed by atoms with E-state index in [0.29, 0.717) is 23.9 Å². The van der Waals surface area contributed by atoms with Crippen LogP contribution in [-0.4, -0.2) is 36.2 Å². The molecule has 0 atom stereocenters. The normalized spacial score (nSPS) is 12.5. The van der Waals surface area contributed by atoms with Gasteiger partial charge in [0.2, 0.25) is 5.91 Å². The third-order valence-corrected chi connectivity index (χ3v) is 5.63. The molecule has 0 fully saturated rings. The summed E-state index contributed by atoms with van der Waals surface area (Å²) in [5.41, 5.74) is -5.56. The Labute approximate surface area is 207 Å². The molecule has 0 unspecified atom stereocenters. The van der Waals surface area contributed by atoms with E-state index in [-0.39, 0.29) is 10.6 Å². The Morgan fingerprint density at radius 3 is 2.19 bits per heavy atom. The highest BCUT2D eigenvalue weighted by molar-refractivity contribution is 7.99. The van der Waals surface area contributed by atoms with E-state index >= 15 is 0 Å². The predicted molar refractivity (Wildman–Crippen MR) is 123 cm³/mol. The minimum absolute atomic E-state index is 0.149. The van der Waals surface area contributed by atoms with Crippen molar-refractivity contribution in [3.8, 4) is 0 Å². The Hall–Kier alpha value is -3.19. The Balaban J connectivity index is 2.56. The van der Waals surface area contributed by atoms with Crippen molar-refractivity contribution in [1.82, 2.24) is 10.6 Å². The minimum Gasteiger partial charge on any atom is -0.394 e. The van der Waals surface area contributed by atoms with E-state index in [2.05, 4.69) is 16.0 Å². The van der Waals surface area contributed by atoms with E-state index in [1.165, 1.54) is 45.2 Å². The largest absolute Gasteiger partial charge is 0.418 e. The summed E-state index contributed by atoms with van der Waals surface area (Å²) in [6.45, 7) is 2.43. The topological polar surface area (TPSA) is 90.5 Å². The van der Waals surface area contributed by atoms with Gasteiger partial charge in [-0.05, 0) is 49.8 Å². The molecule has 0 aliphatic rings. The number of anilines is 1. The molecule has 0 saturated carbocycles. The second kappa shape index (κ2) is 11.2. The molecule has 6 nitrogen and oxygen atoms in total. The lowest BCUT2D eigenvalue weighted by Crippen LogP contribution is -2.45. The highest BCUT2D eigenvalue weighted by atomic mass is 32.2. The van der Waals surface area contributed by atoms with Gasteiger partial charge in [-0.15, -0.1) is 0 Å². The molecule has 0 saturated heterocycles. The van der Waals surface area contributed by atoms with Gasteiger partial charge in [-0.1, -0.05) is 23.9 Å². The van der Waals surface area contributed by atoms with Crippen LogP contribution in [0.3, 0.4) is 0 Å². The second-order valence-corrected chi connectivity index (χ2v) is 9.21. The van der Waals surface area contributed by atoms with Crippen LogP contribution in [0.4, 0.5) is 36.8 Å². The van der Waals surface area contributed by atoms with E-state index < -0.39 is 58.0 Å². The van der Waals surface area contributed by atoms with Crippen LogP contribution >= 0.6 is 11.8 Å². The Morgan fingerprint density at radius 1 is 1.00 bits per heavy atom. The van der Waals surface area contributed by atoms with Crippen LogP contribution in [0.5, 0.6) is 0 Å². The molecule has 0 bridgehead atoms. The van der Waals surface area contributed by atoms with Crippen molar-refractivity contribution >= 4 is 35.5 Å². The molecule has 0 aliphatic heterocycles. The zero-order valence-corrected chi connectivity index (χ0v) is 20.1. The van der Waals surface area contributed by atoms with Gasteiger partial charge in [-0.2, -0.15) is 26.3 Å². The van der Waals surface area contributed by atoms with Gasteiger partial charge in [-0.25, -0.2) is 4.79 Å². The van der Waals surface area contributed by atoms with E-state index in [0.717, 1.165) is 12.1 Å². The van der Waals surface area contributed by atoms with Gasteiger partial charge in [0.25, 0.3) is 0 Å². The summed E-state index contributed by atoms with van der Waals surface area (Å²) in [5, 5.41) is 16.2. The van der Waals surface area contributed by atoms with Crippen LogP contribution in [0.25, 0.3) is 6.08 Å². The second-order valence-electron chi connectivity index (χ2n) is 8.10. The lowest BCUT2D eigenvalue weighted by Gasteiger charge is -2.23. The molecule has 196 valence electrons. The minimum atomic E-state index is -5.40. The summed E-state index contributed by atoms with van der Waals surface area (Å²) in [6, 6.07) is 6.72. The van der Waals surface area contributed by atoms with Crippen LogP contribution in [0, 0.1) is 0 Å². The van der Waals surface area contributed by atoms with Gasteiger partial charge in [0.15, 0.2) is 0 Å². The van der Waals surface area contributed by atoms with Crippen molar-refractivity contribution in [2.24, 2.45) is 0 Å². The molecule has 2 aromatic rings. The Morgan fingerprint density at radius 2 is 1.64 bits per heavy atom. The third-order valence-electron chi connectivity index (χ3n) is 4.58. The number of hydrogen-bond donors (Lipinski definition) is 4. The molecule has 0 heterocycles. The first kappa shape index (κ1) is 29.0. The van der Waals surface area contributed by atoms with Crippen LogP contribution in [0.2, 0.25) is 0 Å². The Bertz CT molecular complexity index is 1150. The number of aliphatic hydroxyl groups is 1. The highest BCUT2D eigenvalue weighted by Crippen LogP contribution is 2.48. The van der Waals surface area contributed by atoms with Gasteiger partial charge >= 0.3 is 18.4 Å². The molecule has 36 heavy (non-hydrogen) atoms. The van der Waals surface area contributed by atoms with Crippen molar-refractivity contribution in [3.63, 3.8) is 0 Å². The number of amides is 3. The van der Waals surface area contributed by atoms with Gasteiger partial charge in [0.1, 0.15) is 0 Å². The molecule has 2 rings (SSSR count).